The van der Waals surface area contributed by atoms with Gasteiger partial charge in [0.15, 0.2) is 0 Å². The van der Waals surface area contributed by atoms with Crippen molar-refractivity contribution in [2.24, 2.45) is 0 Å². The Labute approximate surface area is 119 Å². The Morgan fingerprint density at radius 3 is 2.40 bits per heavy atom. The standard InChI is InChI=1S/C17H19FN2/c18-16-7-4-8-17(13-16)19-20-11-9-15(10-12-20)14-5-2-1-3-6-14/h1-8,13,15,19H,9-12H2. The van der Waals surface area contributed by atoms with E-state index in [0.717, 1.165) is 31.6 Å². The van der Waals surface area contributed by atoms with Crippen molar-refractivity contribution in [3.05, 3.63) is 66.0 Å². The fourth-order valence-corrected chi connectivity index (χ4v) is 2.79. The lowest BCUT2D eigenvalue weighted by molar-refractivity contribution is 0.252. The van der Waals surface area contributed by atoms with E-state index in [1.807, 2.05) is 6.07 Å². The molecule has 0 atom stereocenters. The normalized spacial score (nSPS) is 17.1. The van der Waals surface area contributed by atoms with Crippen LogP contribution in [0.2, 0.25) is 0 Å². The van der Waals surface area contributed by atoms with E-state index < -0.39 is 0 Å². The van der Waals surface area contributed by atoms with Crippen molar-refractivity contribution in [2.75, 3.05) is 18.5 Å². The van der Waals surface area contributed by atoms with Gasteiger partial charge in [-0.15, -0.1) is 0 Å². The Balaban J connectivity index is 1.56. The molecule has 20 heavy (non-hydrogen) atoms. The number of anilines is 1. The number of benzene rings is 2. The Kier molecular flexibility index (Phi) is 3.97. The number of nitrogens with one attached hydrogen (secondary N) is 1. The van der Waals surface area contributed by atoms with Crippen LogP contribution in [-0.2, 0) is 0 Å². The van der Waals surface area contributed by atoms with Crippen LogP contribution in [0.25, 0.3) is 0 Å². The predicted octanol–water partition coefficient (Wildman–Crippen LogP) is 4.03. The monoisotopic (exact) mass is 270 g/mol. The van der Waals surface area contributed by atoms with Gasteiger partial charge < -0.3 is 5.43 Å². The first kappa shape index (κ1) is 13.1. The van der Waals surface area contributed by atoms with Gasteiger partial charge >= 0.3 is 0 Å². The number of nitrogens with zero attached hydrogens (tertiary/aromatic N) is 1. The van der Waals surface area contributed by atoms with Gasteiger partial charge in [0.25, 0.3) is 0 Å². The van der Waals surface area contributed by atoms with Crippen LogP contribution in [0.5, 0.6) is 0 Å². The summed E-state index contributed by atoms with van der Waals surface area (Å²) in [7, 11) is 0. The Hall–Kier alpha value is -1.87. The second kappa shape index (κ2) is 6.06. The first-order valence-corrected chi connectivity index (χ1v) is 7.13. The lowest BCUT2D eigenvalue weighted by Gasteiger charge is -2.33. The lowest BCUT2D eigenvalue weighted by Crippen LogP contribution is -2.37. The zero-order chi connectivity index (χ0) is 13.8. The van der Waals surface area contributed by atoms with Gasteiger partial charge in [-0.05, 0) is 42.5 Å². The fourth-order valence-electron chi connectivity index (χ4n) is 2.79. The van der Waals surface area contributed by atoms with Crippen LogP contribution >= 0.6 is 0 Å². The molecule has 0 radical (unpaired) electrons. The van der Waals surface area contributed by atoms with E-state index in [-0.39, 0.29) is 5.82 Å². The van der Waals surface area contributed by atoms with Gasteiger partial charge in [0, 0.05) is 13.1 Å². The summed E-state index contributed by atoms with van der Waals surface area (Å²) in [5.74, 6) is 0.441. The number of hydrogen-bond donors (Lipinski definition) is 1. The van der Waals surface area contributed by atoms with Crippen LogP contribution in [0.4, 0.5) is 10.1 Å². The molecule has 0 aliphatic carbocycles. The van der Waals surface area contributed by atoms with E-state index in [0.29, 0.717) is 5.92 Å². The average molecular weight is 270 g/mol. The van der Waals surface area contributed by atoms with E-state index in [9.17, 15) is 4.39 Å². The maximum Gasteiger partial charge on any atom is 0.125 e. The molecule has 0 amide bonds. The van der Waals surface area contributed by atoms with E-state index in [1.165, 1.54) is 17.7 Å². The van der Waals surface area contributed by atoms with Crippen LogP contribution in [0.1, 0.15) is 24.3 Å². The molecular formula is C17H19FN2. The van der Waals surface area contributed by atoms with Gasteiger partial charge in [-0.2, -0.15) is 0 Å². The fraction of sp³-hybridized carbons (Fsp3) is 0.294. The minimum Gasteiger partial charge on any atom is -0.319 e. The summed E-state index contributed by atoms with van der Waals surface area (Å²) in [4.78, 5) is 0. The van der Waals surface area contributed by atoms with Crippen molar-refractivity contribution in [3.63, 3.8) is 0 Å². The summed E-state index contributed by atoms with van der Waals surface area (Å²) in [5, 5.41) is 2.17. The molecule has 0 spiro atoms. The molecule has 0 unspecified atom stereocenters. The molecule has 104 valence electrons. The predicted molar refractivity (Wildman–Crippen MR) is 80.0 cm³/mol. The quantitative estimate of drug-likeness (QED) is 0.905. The molecule has 2 nitrogen and oxygen atoms in total. The third kappa shape index (κ3) is 3.17. The zero-order valence-electron chi connectivity index (χ0n) is 11.4. The molecule has 1 aliphatic rings. The van der Waals surface area contributed by atoms with Crippen molar-refractivity contribution in [2.45, 2.75) is 18.8 Å². The minimum atomic E-state index is -0.200. The van der Waals surface area contributed by atoms with Crippen LogP contribution in [0.15, 0.2) is 54.6 Å². The highest BCUT2D eigenvalue weighted by atomic mass is 19.1. The third-order valence-corrected chi connectivity index (χ3v) is 3.88. The maximum absolute atomic E-state index is 13.1. The summed E-state index contributed by atoms with van der Waals surface area (Å²) >= 11 is 0. The van der Waals surface area contributed by atoms with Gasteiger partial charge in [-0.25, -0.2) is 9.40 Å². The van der Waals surface area contributed by atoms with Crippen molar-refractivity contribution in [3.8, 4) is 0 Å². The van der Waals surface area contributed by atoms with Crippen LogP contribution in [0, 0.1) is 5.82 Å². The molecular weight excluding hydrogens is 251 g/mol. The molecule has 0 saturated carbocycles. The highest BCUT2D eigenvalue weighted by Crippen LogP contribution is 2.27. The second-order valence-electron chi connectivity index (χ2n) is 5.29. The number of piperidine rings is 1. The molecule has 1 heterocycles. The Bertz CT molecular complexity index is 548. The zero-order valence-corrected chi connectivity index (χ0v) is 11.4. The molecule has 0 bridgehead atoms. The van der Waals surface area contributed by atoms with Gasteiger partial charge in [-0.1, -0.05) is 36.4 Å². The minimum absolute atomic E-state index is 0.200. The number of hydrogen-bond acceptors (Lipinski definition) is 2. The SMILES string of the molecule is Fc1cccc(NN2CCC(c3ccccc3)CC2)c1. The van der Waals surface area contributed by atoms with Crippen molar-refractivity contribution >= 4 is 5.69 Å². The molecule has 1 aliphatic heterocycles. The molecule has 1 saturated heterocycles. The van der Waals surface area contributed by atoms with E-state index in [1.54, 1.807) is 6.07 Å². The molecule has 3 rings (SSSR count). The van der Waals surface area contributed by atoms with Crippen LogP contribution in [-0.4, -0.2) is 18.1 Å². The summed E-state index contributed by atoms with van der Waals surface area (Å²) < 4.78 is 13.1. The maximum atomic E-state index is 13.1. The molecule has 2 aromatic rings. The first-order chi connectivity index (χ1) is 9.81. The number of rotatable bonds is 3. The highest BCUT2D eigenvalue weighted by molar-refractivity contribution is 5.42. The smallest absolute Gasteiger partial charge is 0.125 e. The van der Waals surface area contributed by atoms with Crippen molar-refractivity contribution in [1.29, 1.82) is 0 Å². The number of hydrazine groups is 1. The summed E-state index contributed by atoms with van der Waals surface area (Å²) in [6, 6.07) is 17.3. The Morgan fingerprint density at radius 2 is 1.70 bits per heavy atom. The molecule has 3 heteroatoms. The lowest BCUT2D eigenvalue weighted by atomic mass is 9.90. The van der Waals surface area contributed by atoms with Gasteiger partial charge in [0.2, 0.25) is 0 Å². The van der Waals surface area contributed by atoms with E-state index >= 15 is 0 Å². The van der Waals surface area contributed by atoms with E-state index in [2.05, 4.69) is 40.8 Å². The van der Waals surface area contributed by atoms with Crippen LogP contribution < -0.4 is 5.43 Å². The molecule has 1 N–H and O–H groups in total. The van der Waals surface area contributed by atoms with Gasteiger partial charge in [0.05, 0.1) is 5.69 Å². The molecule has 2 aromatic carbocycles. The largest absolute Gasteiger partial charge is 0.319 e. The molecule has 1 fully saturated rings. The first-order valence-electron chi connectivity index (χ1n) is 7.13. The van der Waals surface area contributed by atoms with Gasteiger partial charge in [0.1, 0.15) is 5.82 Å². The highest BCUT2D eigenvalue weighted by Gasteiger charge is 2.20. The third-order valence-electron chi connectivity index (χ3n) is 3.88. The summed E-state index contributed by atoms with van der Waals surface area (Å²) in [5.41, 5.74) is 5.54. The summed E-state index contributed by atoms with van der Waals surface area (Å²) in [6.07, 6.45) is 2.26. The molecule has 0 aromatic heterocycles. The van der Waals surface area contributed by atoms with Crippen molar-refractivity contribution < 1.29 is 4.39 Å². The average Bonchev–Trinajstić information content (AvgIpc) is 2.49. The number of halogens is 1. The van der Waals surface area contributed by atoms with E-state index in [4.69, 9.17) is 0 Å². The van der Waals surface area contributed by atoms with Crippen molar-refractivity contribution in [1.82, 2.24) is 5.01 Å². The second-order valence-corrected chi connectivity index (χ2v) is 5.29. The Morgan fingerprint density at radius 1 is 0.950 bits per heavy atom. The topological polar surface area (TPSA) is 15.3 Å². The summed E-state index contributed by atoms with van der Waals surface area (Å²) in [6.45, 7) is 1.96. The van der Waals surface area contributed by atoms with Gasteiger partial charge in [-0.3, -0.25) is 0 Å². The van der Waals surface area contributed by atoms with Crippen LogP contribution in [0.3, 0.4) is 0 Å².